The van der Waals surface area contributed by atoms with Crippen LogP contribution in [0.15, 0.2) is 88.6 Å². The van der Waals surface area contributed by atoms with Gasteiger partial charge in [-0.3, -0.25) is 13.9 Å². The highest BCUT2D eigenvalue weighted by Crippen LogP contribution is 2.35. The summed E-state index contributed by atoms with van der Waals surface area (Å²) in [5.41, 5.74) is 8.45. The zero-order chi connectivity index (χ0) is 24.5. The first kappa shape index (κ1) is 22.4. The van der Waals surface area contributed by atoms with Gasteiger partial charge in [-0.2, -0.15) is 0 Å². The first-order chi connectivity index (χ1) is 17.0. The van der Waals surface area contributed by atoms with Gasteiger partial charge in [0.1, 0.15) is 23.4 Å². The Balaban J connectivity index is 1.90. The van der Waals surface area contributed by atoms with Crippen LogP contribution in [0.3, 0.4) is 0 Å². The van der Waals surface area contributed by atoms with E-state index in [9.17, 15) is 4.79 Å². The number of methoxy groups -OCH3 is 2. The summed E-state index contributed by atoms with van der Waals surface area (Å²) in [7, 11) is 3.17. The summed E-state index contributed by atoms with van der Waals surface area (Å²) in [5.74, 6) is 1.91. The zero-order valence-electron chi connectivity index (χ0n) is 19.1. The van der Waals surface area contributed by atoms with Crippen molar-refractivity contribution in [3.8, 4) is 22.9 Å². The summed E-state index contributed by atoms with van der Waals surface area (Å²) >= 11 is 5.91. The van der Waals surface area contributed by atoms with Crippen molar-refractivity contribution in [2.75, 3.05) is 19.5 Å². The van der Waals surface area contributed by atoms with Gasteiger partial charge in [0.15, 0.2) is 10.7 Å². The van der Waals surface area contributed by atoms with E-state index in [1.807, 2.05) is 72.8 Å². The van der Waals surface area contributed by atoms with E-state index in [2.05, 4.69) is 10.3 Å². The molecule has 0 radical (unpaired) electrons. The van der Waals surface area contributed by atoms with E-state index in [1.165, 1.54) is 4.57 Å². The van der Waals surface area contributed by atoms with Gasteiger partial charge in [0.05, 0.1) is 31.2 Å². The second kappa shape index (κ2) is 9.11. The third-order valence-corrected chi connectivity index (χ3v) is 6.19. The van der Waals surface area contributed by atoms with Crippen LogP contribution in [0.1, 0.15) is 17.2 Å². The predicted molar refractivity (Wildman–Crippen MR) is 139 cm³/mol. The number of nitrogens with one attached hydrogen (secondary N) is 1. The lowest BCUT2D eigenvalue weighted by Crippen LogP contribution is -2.37. The van der Waals surface area contributed by atoms with Crippen molar-refractivity contribution in [3.63, 3.8) is 0 Å². The summed E-state index contributed by atoms with van der Waals surface area (Å²) in [4.78, 5) is 18.7. The minimum Gasteiger partial charge on any atom is -0.497 e. The van der Waals surface area contributed by atoms with Crippen LogP contribution in [0.4, 0.5) is 5.82 Å². The molecule has 35 heavy (non-hydrogen) atoms. The SMILES string of the molecule is COc1cccc(-n2c3c(c(=O)n(-c4cccc(OC)c4)c2=S)C(c2ccccc2)N=C(N)N3)c1. The molecule has 0 amide bonds. The van der Waals surface area contributed by atoms with Crippen molar-refractivity contribution in [1.82, 2.24) is 9.13 Å². The number of rotatable bonds is 5. The number of aromatic nitrogens is 2. The van der Waals surface area contributed by atoms with E-state index in [-0.39, 0.29) is 16.3 Å². The molecule has 3 aromatic carbocycles. The first-order valence-corrected chi connectivity index (χ1v) is 11.3. The molecule has 0 fully saturated rings. The third-order valence-electron chi connectivity index (χ3n) is 5.82. The maximum Gasteiger partial charge on any atom is 0.266 e. The molecule has 0 saturated carbocycles. The molecule has 1 aliphatic heterocycles. The number of nitrogens with two attached hydrogens (primary N) is 1. The van der Waals surface area contributed by atoms with Crippen molar-refractivity contribution in [1.29, 1.82) is 0 Å². The maximum absolute atomic E-state index is 14.1. The quantitative estimate of drug-likeness (QED) is 0.411. The van der Waals surface area contributed by atoms with E-state index in [1.54, 1.807) is 24.9 Å². The Bertz CT molecular complexity index is 1560. The molecule has 0 bridgehead atoms. The van der Waals surface area contributed by atoms with Gasteiger partial charge in [0.25, 0.3) is 5.56 Å². The third kappa shape index (κ3) is 3.95. The minimum atomic E-state index is -0.621. The van der Waals surface area contributed by atoms with Crippen LogP contribution in [0.5, 0.6) is 11.5 Å². The smallest absolute Gasteiger partial charge is 0.266 e. The molecule has 0 saturated heterocycles. The molecular formula is C26H23N5O3S. The van der Waals surface area contributed by atoms with Gasteiger partial charge in [-0.1, -0.05) is 42.5 Å². The lowest BCUT2D eigenvalue weighted by molar-refractivity contribution is 0.414. The molecule has 8 nitrogen and oxygen atoms in total. The number of benzene rings is 3. The van der Waals surface area contributed by atoms with Crippen molar-refractivity contribution in [3.05, 3.63) is 105 Å². The van der Waals surface area contributed by atoms with Gasteiger partial charge >= 0.3 is 0 Å². The van der Waals surface area contributed by atoms with Gasteiger partial charge < -0.3 is 20.5 Å². The Morgan fingerprint density at radius 2 is 1.49 bits per heavy atom. The molecule has 3 N–H and O–H groups in total. The van der Waals surface area contributed by atoms with E-state index in [0.717, 1.165) is 5.56 Å². The van der Waals surface area contributed by atoms with Crippen LogP contribution in [-0.2, 0) is 0 Å². The van der Waals surface area contributed by atoms with E-state index in [0.29, 0.717) is 34.3 Å². The van der Waals surface area contributed by atoms with Crippen LogP contribution in [0.25, 0.3) is 11.4 Å². The maximum atomic E-state index is 14.1. The molecule has 0 aliphatic carbocycles. The van der Waals surface area contributed by atoms with Crippen LogP contribution in [0, 0.1) is 4.77 Å². The Morgan fingerprint density at radius 3 is 2.09 bits per heavy atom. The molecule has 1 aromatic heterocycles. The summed E-state index contributed by atoms with van der Waals surface area (Å²) in [5, 5.41) is 3.09. The number of fused-ring (bicyclic) bond motifs is 1. The molecule has 176 valence electrons. The molecule has 1 atom stereocenters. The van der Waals surface area contributed by atoms with Crippen molar-refractivity contribution in [2.45, 2.75) is 6.04 Å². The van der Waals surface area contributed by atoms with Crippen LogP contribution in [-0.4, -0.2) is 29.3 Å². The van der Waals surface area contributed by atoms with E-state index >= 15 is 0 Å². The molecule has 5 rings (SSSR count). The van der Waals surface area contributed by atoms with Crippen LogP contribution < -0.4 is 26.1 Å². The summed E-state index contributed by atoms with van der Waals surface area (Å²) in [6.07, 6.45) is 0. The van der Waals surface area contributed by atoms with Gasteiger partial charge in [0, 0.05) is 12.1 Å². The fourth-order valence-corrected chi connectivity index (χ4v) is 4.58. The average molecular weight is 486 g/mol. The summed E-state index contributed by atoms with van der Waals surface area (Å²) in [6, 6.07) is 23.6. The van der Waals surface area contributed by atoms with Crippen LogP contribution in [0.2, 0.25) is 0 Å². The van der Waals surface area contributed by atoms with Gasteiger partial charge in [0.2, 0.25) is 0 Å². The molecular weight excluding hydrogens is 462 g/mol. The standard InChI is InChI=1S/C26H23N5O3S/c1-33-19-12-6-10-17(14-19)30-23-21(22(28-25(27)29-23)16-8-4-3-5-9-16)24(32)31(26(30)35)18-11-7-13-20(15-18)34-2/h3-15,22H,1-2H3,(H3,27,28,29). The minimum absolute atomic E-state index is 0.191. The number of aliphatic imine (C=N–C) groups is 1. The van der Waals surface area contributed by atoms with Gasteiger partial charge in [-0.25, -0.2) is 4.99 Å². The molecule has 9 heteroatoms. The highest BCUT2D eigenvalue weighted by Gasteiger charge is 2.30. The topological polar surface area (TPSA) is 95.8 Å². The number of anilines is 1. The fourth-order valence-electron chi connectivity index (χ4n) is 4.19. The Kier molecular flexibility index (Phi) is 5.84. The second-order valence-corrected chi connectivity index (χ2v) is 8.24. The van der Waals surface area contributed by atoms with E-state index in [4.69, 9.17) is 27.4 Å². The average Bonchev–Trinajstić information content (AvgIpc) is 2.89. The fraction of sp³-hybridized carbons (Fsp3) is 0.115. The number of guanidine groups is 1. The van der Waals surface area contributed by atoms with Crippen LogP contribution >= 0.6 is 12.2 Å². The highest BCUT2D eigenvalue weighted by atomic mass is 32.1. The predicted octanol–water partition coefficient (Wildman–Crippen LogP) is 4.20. The number of ether oxygens (including phenoxy) is 2. The molecule has 1 unspecified atom stereocenters. The van der Waals surface area contributed by atoms with Crippen molar-refractivity contribution < 1.29 is 9.47 Å². The molecule has 0 spiro atoms. The molecule has 4 aromatic rings. The Hall–Kier alpha value is -4.37. The normalized spacial score (nSPS) is 14.5. The number of nitrogens with zero attached hydrogens (tertiary/aromatic N) is 3. The van der Waals surface area contributed by atoms with Gasteiger partial charge in [-0.15, -0.1) is 0 Å². The van der Waals surface area contributed by atoms with Gasteiger partial charge in [-0.05, 0) is 42.0 Å². The van der Waals surface area contributed by atoms with Crippen molar-refractivity contribution >= 4 is 24.0 Å². The lowest BCUT2D eigenvalue weighted by Gasteiger charge is -2.28. The first-order valence-electron chi connectivity index (χ1n) is 10.9. The molecule has 1 aliphatic rings. The Labute approximate surface area is 206 Å². The Morgan fingerprint density at radius 1 is 0.886 bits per heavy atom. The second-order valence-electron chi connectivity index (χ2n) is 7.88. The lowest BCUT2D eigenvalue weighted by atomic mass is 9.99. The number of hydrogen-bond donors (Lipinski definition) is 2. The zero-order valence-corrected chi connectivity index (χ0v) is 20.0. The largest absolute Gasteiger partial charge is 0.497 e. The van der Waals surface area contributed by atoms with Crippen molar-refractivity contribution in [2.24, 2.45) is 10.7 Å². The number of hydrogen-bond acceptors (Lipinski definition) is 7. The molecule has 2 heterocycles. The summed E-state index contributed by atoms with van der Waals surface area (Å²) in [6.45, 7) is 0. The highest BCUT2D eigenvalue weighted by molar-refractivity contribution is 7.71. The summed E-state index contributed by atoms with van der Waals surface area (Å²) < 4.78 is 14.4. The monoisotopic (exact) mass is 485 g/mol. The van der Waals surface area contributed by atoms with E-state index < -0.39 is 6.04 Å².